The van der Waals surface area contributed by atoms with Crippen LogP contribution in [0.3, 0.4) is 0 Å². The Morgan fingerprint density at radius 1 is 1.04 bits per heavy atom. The second-order valence-electron chi connectivity index (χ2n) is 5.24. The third-order valence-electron chi connectivity index (χ3n) is 3.43. The Hall–Kier alpha value is -2.09. The molecule has 2 rings (SSSR count). The van der Waals surface area contributed by atoms with E-state index in [-0.39, 0.29) is 40.8 Å². The quantitative estimate of drug-likeness (QED) is 0.633. The van der Waals surface area contributed by atoms with Crippen molar-refractivity contribution < 1.29 is 27.9 Å². The van der Waals surface area contributed by atoms with Crippen molar-refractivity contribution in [2.45, 2.75) is 13.1 Å². The summed E-state index contributed by atoms with van der Waals surface area (Å²) in [4.78, 5) is 23.1. The number of carbonyl (C=O) groups is 2. The zero-order valence-corrected chi connectivity index (χ0v) is 13.1. The van der Waals surface area contributed by atoms with Crippen molar-refractivity contribution >= 4 is 52.7 Å². The molecule has 0 heterocycles. The van der Waals surface area contributed by atoms with Gasteiger partial charge in [-0.2, -0.15) is 13.2 Å². The van der Waals surface area contributed by atoms with Gasteiger partial charge in [-0.25, -0.2) is 4.79 Å². The summed E-state index contributed by atoms with van der Waals surface area (Å²) in [5.74, 6) is -1.76. The normalized spacial score (nSPS) is 11.5. The fraction of sp³-hybridized carbons (Fsp3) is 0.111. The average molecular weight is 373 g/mol. The molecule has 0 radical (unpaired) electrons. The minimum absolute atomic E-state index is 0. The predicted octanol–water partition coefficient (Wildman–Crippen LogP) is 3.80. The van der Waals surface area contributed by atoms with Crippen LogP contribution in [0.1, 0.15) is 28.4 Å². The van der Waals surface area contributed by atoms with Crippen molar-refractivity contribution in [2.75, 3.05) is 5.32 Å². The van der Waals surface area contributed by atoms with Gasteiger partial charge in [-0.3, -0.25) is 4.79 Å². The molecule has 0 atom stereocenters. The van der Waals surface area contributed by atoms with Gasteiger partial charge in [0.15, 0.2) is 0 Å². The van der Waals surface area contributed by atoms with Crippen molar-refractivity contribution in [3.63, 3.8) is 0 Å². The molecule has 4 nitrogen and oxygen atoms in total. The maximum absolute atomic E-state index is 12.5. The van der Waals surface area contributed by atoms with Crippen LogP contribution in [-0.4, -0.2) is 46.5 Å². The number of aromatic carboxylic acids is 1. The third kappa shape index (κ3) is 5.72. The minimum atomic E-state index is -4.42. The molecule has 0 fully saturated rings. The Morgan fingerprint density at radius 3 is 2.15 bits per heavy atom. The van der Waals surface area contributed by atoms with Gasteiger partial charge in [-0.15, -0.1) is 0 Å². The Kier molecular flexibility index (Phi) is 7.62. The van der Waals surface area contributed by atoms with Gasteiger partial charge in [0, 0.05) is 6.08 Å². The van der Waals surface area contributed by atoms with Crippen LogP contribution >= 0.6 is 0 Å². The number of nitrogens with one attached hydrogen (secondary N) is 1. The van der Waals surface area contributed by atoms with Crippen LogP contribution in [0.25, 0.3) is 5.57 Å². The number of carboxylic acid groups (broad SMARTS) is 1. The second kappa shape index (κ2) is 9.02. The van der Waals surface area contributed by atoms with Crippen LogP contribution in [0.4, 0.5) is 18.9 Å². The van der Waals surface area contributed by atoms with Gasteiger partial charge in [0.05, 0.1) is 16.8 Å². The molecule has 132 valence electrons. The summed E-state index contributed by atoms with van der Waals surface area (Å²) in [5, 5.41) is 11.5. The number of hydrogen-bond acceptors (Lipinski definition) is 2. The van der Waals surface area contributed by atoms with E-state index in [1.807, 2.05) is 0 Å². The van der Waals surface area contributed by atoms with Gasteiger partial charge in [0.2, 0.25) is 5.91 Å². The summed E-state index contributed by atoms with van der Waals surface area (Å²) < 4.78 is 37.6. The number of rotatable bonds is 4. The van der Waals surface area contributed by atoms with Gasteiger partial charge < -0.3 is 10.4 Å². The molecule has 0 aliphatic heterocycles. The predicted molar refractivity (Wildman–Crippen MR) is 94.3 cm³/mol. The van der Waals surface area contributed by atoms with E-state index in [4.69, 9.17) is 5.11 Å². The van der Waals surface area contributed by atoms with Crippen molar-refractivity contribution in [2.24, 2.45) is 0 Å². The van der Waals surface area contributed by atoms with E-state index in [9.17, 15) is 22.8 Å². The summed E-state index contributed by atoms with van der Waals surface area (Å²) in [6.45, 7) is 1.57. The van der Waals surface area contributed by atoms with Gasteiger partial charge in [0.1, 0.15) is 0 Å². The SMILES string of the molecule is C/C(=C\C(=O)Nc1ccccc1C(=O)O)c1ccc(C(F)(F)F)cc1.[NaH]. The molecule has 0 saturated carbocycles. The van der Waals surface area contributed by atoms with E-state index < -0.39 is 23.6 Å². The van der Waals surface area contributed by atoms with E-state index in [1.165, 1.54) is 36.4 Å². The molecule has 2 aromatic rings. The van der Waals surface area contributed by atoms with Crippen LogP contribution < -0.4 is 5.32 Å². The standard InChI is InChI=1S/C18H14F3NO3.Na.H/c1-11(12-6-8-13(9-7-12)18(19,20)21)10-16(23)22-15-5-3-2-4-14(15)17(24)25;;/h2-10H,1H3,(H,22,23)(H,24,25);;/b11-10+;;. The first-order valence-corrected chi connectivity index (χ1v) is 7.17. The van der Waals surface area contributed by atoms with Crippen molar-refractivity contribution in [1.82, 2.24) is 0 Å². The number of allylic oxidation sites excluding steroid dienone is 1. The van der Waals surface area contributed by atoms with Crippen molar-refractivity contribution in [1.29, 1.82) is 0 Å². The molecule has 0 aliphatic rings. The number of hydrogen-bond donors (Lipinski definition) is 2. The topological polar surface area (TPSA) is 66.4 Å². The molecule has 1 amide bonds. The Morgan fingerprint density at radius 2 is 1.62 bits per heavy atom. The molecule has 2 N–H and O–H groups in total. The average Bonchev–Trinajstić information content (AvgIpc) is 2.54. The number of carbonyl (C=O) groups excluding carboxylic acids is 1. The summed E-state index contributed by atoms with van der Waals surface area (Å²) in [6, 6.07) is 10.3. The number of para-hydroxylation sites is 1. The molecule has 0 unspecified atom stereocenters. The first-order valence-electron chi connectivity index (χ1n) is 7.17. The van der Waals surface area contributed by atoms with E-state index in [2.05, 4.69) is 5.32 Å². The van der Waals surface area contributed by atoms with Crippen LogP contribution in [0.5, 0.6) is 0 Å². The summed E-state index contributed by atoms with van der Waals surface area (Å²) in [6.07, 6.45) is -3.23. The van der Waals surface area contributed by atoms with Crippen molar-refractivity contribution in [3.8, 4) is 0 Å². The molecular formula is C18H15F3NNaO3. The fourth-order valence-corrected chi connectivity index (χ4v) is 2.15. The van der Waals surface area contributed by atoms with E-state index >= 15 is 0 Å². The first-order chi connectivity index (χ1) is 11.7. The fourth-order valence-electron chi connectivity index (χ4n) is 2.15. The number of halogens is 3. The number of benzene rings is 2. The maximum atomic E-state index is 12.5. The third-order valence-corrected chi connectivity index (χ3v) is 3.43. The number of anilines is 1. The summed E-state index contributed by atoms with van der Waals surface area (Å²) in [5.41, 5.74) is 0.200. The number of carboxylic acids is 1. The molecule has 8 heteroatoms. The molecule has 26 heavy (non-hydrogen) atoms. The van der Waals surface area contributed by atoms with Gasteiger partial charge in [0.25, 0.3) is 0 Å². The molecule has 0 bridgehead atoms. The number of amides is 1. The van der Waals surface area contributed by atoms with Gasteiger partial charge >= 0.3 is 41.7 Å². The second-order valence-corrected chi connectivity index (χ2v) is 5.24. The zero-order chi connectivity index (χ0) is 18.6. The summed E-state index contributed by atoms with van der Waals surface area (Å²) in [7, 11) is 0. The molecular weight excluding hydrogens is 358 g/mol. The Balaban J connectivity index is 0.00000338. The van der Waals surface area contributed by atoms with E-state index in [1.54, 1.807) is 13.0 Å². The van der Waals surface area contributed by atoms with Crippen LogP contribution in [0.15, 0.2) is 54.6 Å². The zero-order valence-electron chi connectivity index (χ0n) is 13.1. The molecule has 0 spiro atoms. The molecule has 0 saturated heterocycles. The number of alkyl halides is 3. The van der Waals surface area contributed by atoms with Crippen LogP contribution in [0, 0.1) is 0 Å². The van der Waals surface area contributed by atoms with Gasteiger partial charge in [-0.05, 0) is 42.3 Å². The molecule has 0 aromatic heterocycles. The van der Waals surface area contributed by atoms with E-state index in [0.717, 1.165) is 12.1 Å². The van der Waals surface area contributed by atoms with Crippen LogP contribution in [0.2, 0.25) is 0 Å². The van der Waals surface area contributed by atoms with E-state index in [0.29, 0.717) is 11.1 Å². The van der Waals surface area contributed by atoms with Crippen LogP contribution in [-0.2, 0) is 11.0 Å². The monoisotopic (exact) mass is 373 g/mol. The summed E-state index contributed by atoms with van der Waals surface area (Å²) >= 11 is 0. The Bertz CT molecular complexity index is 830. The molecule has 2 aromatic carbocycles. The molecule has 0 aliphatic carbocycles. The Labute approximate surface area is 170 Å². The van der Waals surface area contributed by atoms with Crippen molar-refractivity contribution in [3.05, 3.63) is 71.3 Å². The van der Waals surface area contributed by atoms with Gasteiger partial charge in [-0.1, -0.05) is 24.3 Å². The first kappa shape index (κ1) is 22.0.